The van der Waals surface area contributed by atoms with Crippen LogP contribution in [0.4, 0.5) is 0 Å². The number of primary sulfonamides is 1. The highest BCUT2D eigenvalue weighted by atomic mass is 127. The minimum atomic E-state index is -3.66. The molecule has 2 aromatic rings. The van der Waals surface area contributed by atoms with Crippen molar-refractivity contribution in [3.05, 3.63) is 50.8 Å². The molecule has 0 spiro atoms. The molecule has 0 radical (unpaired) electrons. The molecule has 6 nitrogen and oxygen atoms in total. The number of hydrogen-bond acceptors (Lipinski definition) is 4. The Balaban J connectivity index is 0.00000312. The van der Waals surface area contributed by atoms with Gasteiger partial charge in [0, 0.05) is 28.5 Å². The first-order chi connectivity index (χ1) is 11.3. The van der Waals surface area contributed by atoms with Crippen LogP contribution in [0.1, 0.15) is 10.4 Å². The lowest BCUT2D eigenvalue weighted by atomic mass is 10.2. The molecule has 0 aliphatic heterocycles. The largest absolute Gasteiger partial charge is 0.352 e. The van der Waals surface area contributed by atoms with Gasteiger partial charge in [0.15, 0.2) is 5.96 Å². The number of nitrogens with one attached hydrogen (secondary N) is 2. The number of nitrogens with two attached hydrogens (primary N) is 1. The molecule has 11 heteroatoms. The van der Waals surface area contributed by atoms with Gasteiger partial charge in [-0.25, -0.2) is 13.6 Å². The second kappa shape index (κ2) is 9.93. The molecule has 0 amide bonds. The zero-order chi connectivity index (χ0) is 17.7. The molecule has 1 heterocycles. The summed E-state index contributed by atoms with van der Waals surface area (Å²) >= 11 is 13.1. The molecule has 0 aliphatic rings. The molecule has 0 bridgehead atoms. The van der Waals surface area contributed by atoms with Crippen LogP contribution in [0.5, 0.6) is 0 Å². The summed E-state index contributed by atoms with van der Waals surface area (Å²) in [5, 5.41) is 12.5. The minimum absolute atomic E-state index is 0. The van der Waals surface area contributed by atoms with Crippen molar-refractivity contribution in [1.82, 2.24) is 10.6 Å². The lowest BCUT2D eigenvalue weighted by molar-refractivity contribution is 0.600. The van der Waals surface area contributed by atoms with E-state index in [1.54, 1.807) is 25.2 Å². The fraction of sp³-hybridized carbons (Fsp3) is 0.214. The van der Waals surface area contributed by atoms with Crippen LogP contribution >= 0.6 is 58.5 Å². The van der Waals surface area contributed by atoms with Crippen LogP contribution in [-0.4, -0.2) is 21.4 Å². The first-order valence-electron chi connectivity index (χ1n) is 6.79. The summed E-state index contributed by atoms with van der Waals surface area (Å²) in [7, 11) is -2.02. The summed E-state index contributed by atoms with van der Waals surface area (Å²) in [6.07, 6.45) is 0. The van der Waals surface area contributed by atoms with Gasteiger partial charge in [-0.1, -0.05) is 29.3 Å². The van der Waals surface area contributed by atoms with E-state index in [0.29, 0.717) is 29.1 Å². The average molecular weight is 535 g/mol. The van der Waals surface area contributed by atoms with Crippen LogP contribution < -0.4 is 15.8 Å². The lowest BCUT2D eigenvalue weighted by Crippen LogP contribution is -2.36. The van der Waals surface area contributed by atoms with Crippen molar-refractivity contribution in [3.8, 4) is 0 Å². The van der Waals surface area contributed by atoms with Gasteiger partial charge < -0.3 is 10.6 Å². The van der Waals surface area contributed by atoms with Gasteiger partial charge in [-0.05, 0) is 29.8 Å². The predicted octanol–water partition coefficient (Wildman–Crippen LogP) is 3.19. The summed E-state index contributed by atoms with van der Waals surface area (Å²) < 4.78 is 22.7. The van der Waals surface area contributed by atoms with Gasteiger partial charge in [-0.3, -0.25) is 4.99 Å². The molecule has 0 atom stereocenters. The lowest BCUT2D eigenvalue weighted by Gasteiger charge is -2.12. The highest BCUT2D eigenvalue weighted by Crippen LogP contribution is 2.21. The second-order valence-corrected chi connectivity index (χ2v) is 8.58. The Bertz CT molecular complexity index is 856. The quantitative estimate of drug-likeness (QED) is 0.312. The summed E-state index contributed by atoms with van der Waals surface area (Å²) in [4.78, 5) is 4.93. The molecule has 1 aromatic heterocycles. The number of guanidine groups is 1. The zero-order valence-electron chi connectivity index (χ0n) is 13.1. The van der Waals surface area contributed by atoms with Crippen molar-refractivity contribution in [3.63, 3.8) is 0 Å². The van der Waals surface area contributed by atoms with Crippen LogP contribution in [0, 0.1) is 0 Å². The van der Waals surface area contributed by atoms with E-state index in [-0.39, 0.29) is 28.2 Å². The van der Waals surface area contributed by atoms with E-state index in [1.165, 1.54) is 6.07 Å². The maximum absolute atomic E-state index is 11.3. The Morgan fingerprint density at radius 2 is 1.88 bits per heavy atom. The van der Waals surface area contributed by atoms with Crippen molar-refractivity contribution < 1.29 is 8.42 Å². The molecule has 0 fully saturated rings. The Kier molecular flexibility index (Phi) is 8.92. The van der Waals surface area contributed by atoms with Crippen LogP contribution in [0.25, 0.3) is 0 Å². The van der Waals surface area contributed by atoms with Crippen molar-refractivity contribution in [1.29, 1.82) is 0 Å². The van der Waals surface area contributed by atoms with E-state index < -0.39 is 10.0 Å². The molecular weight excluding hydrogens is 518 g/mol. The first kappa shape index (κ1) is 22.5. The van der Waals surface area contributed by atoms with Gasteiger partial charge in [-0.2, -0.15) is 0 Å². The van der Waals surface area contributed by atoms with Crippen LogP contribution in [-0.2, 0) is 23.1 Å². The summed E-state index contributed by atoms with van der Waals surface area (Å²) in [5.74, 6) is 0.562. The molecule has 0 saturated heterocycles. The number of thiophene rings is 1. The van der Waals surface area contributed by atoms with Crippen molar-refractivity contribution >= 4 is 74.5 Å². The Morgan fingerprint density at radius 1 is 1.20 bits per heavy atom. The number of halogens is 3. The fourth-order valence-electron chi connectivity index (χ4n) is 1.84. The highest BCUT2D eigenvalue weighted by molar-refractivity contribution is 14.0. The van der Waals surface area contributed by atoms with E-state index in [1.807, 2.05) is 6.07 Å². The standard InChI is InChI=1S/C14H16Cl2N4O2S2.HI/c1-18-14(19-7-9-2-3-10(15)6-12(9)16)20-8-11-4-5-13(23-11)24(17,21)22;/h2-6H,7-8H2,1H3,(H2,17,21,22)(H2,18,19,20);1H. The number of nitrogens with zero attached hydrogens (tertiary/aromatic N) is 1. The molecule has 2 rings (SSSR count). The van der Waals surface area contributed by atoms with Gasteiger partial charge in [0.1, 0.15) is 4.21 Å². The number of hydrogen-bond donors (Lipinski definition) is 3. The number of rotatable bonds is 5. The van der Waals surface area contributed by atoms with E-state index in [4.69, 9.17) is 28.3 Å². The Hall–Kier alpha value is -0.590. The topological polar surface area (TPSA) is 96.6 Å². The maximum atomic E-state index is 11.3. The van der Waals surface area contributed by atoms with E-state index in [0.717, 1.165) is 21.8 Å². The van der Waals surface area contributed by atoms with E-state index in [9.17, 15) is 8.42 Å². The van der Waals surface area contributed by atoms with Gasteiger partial charge in [0.05, 0.1) is 6.54 Å². The third-order valence-corrected chi connectivity index (χ3v) is 6.14. The third kappa shape index (κ3) is 6.91. The average Bonchev–Trinajstić information content (AvgIpc) is 2.98. The van der Waals surface area contributed by atoms with Crippen molar-refractivity contribution in [2.24, 2.45) is 10.1 Å². The zero-order valence-corrected chi connectivity index (χ0v) is 18.6. The van der Waals surface area contributed by atoms with E-state index in [2.05, 4.69) is 15.6 Å². The number of aliphatic imine (C=N–C) groups is 1. The Labute approximate surface area is 177 Å². The minimum Gasteiger partial charge on any atom is -0.352 e. The van der Waals surface area contributed by atoms with Crippen molar-refractivity contribution in [2.75, 3.05) is 7.05 Å². The monoisotopic (exact) mass is 534 g/mol. The molecule has 0 saturated carbocycles. The predicted molar refractivity (Wildman–Crippen MR) is 115 cm³/mol. The molecular formula is C14H17Cl2IN4O2S2. The Morgan fingerprint density at radius 3 is 2.44 bits per heavy atom. The summed E-state index contributed by atoms with van der Waals surface area (Å²) in [6, 6.07) is 8.47. The molecule has 0 unspecified atom stereocenters. The van der Waals surface area contributed by atoms with Crippen LogP contribution in [0.15, 0.2) is 39.5 Å². The fourth-order valence-corrected chi connectivity index (χ4v) is 4.04. The summed E-state index contributed by atoms with van der Waals surface area (Å²) in [5.41, 5.74) is 0.886. The second-order valence-electron chi connectivity index (χ2n) is 4.78. The molecule has 1 aromatic carbocycles. The van der Waals surface area contributed by atoms with E-state index >= 15 is 0 Å². The van der Waals surface area contributed by atoms with Gasteiger partial charge in [-0.15, -0.1) is 35.3 Å². The maximum Gasteiger partial charge on any atom is 0.247 e. The van der Waals surface area contributed by atoms with Crippen molar-refractivity contribution in [2.45, 2.75) is 17.3 Å². The SMILES string of the molecule is CN=C(NCc1ccc(S(N)(=O)=O)s1)NCc1ccc(Cl)cc1Cl.I. The molecule has 138 valence electrons. The molecule has 25 heavy (non-hydrogen) atoms. The van der Waals surface area contributed by atoms with Gasteiger partial charge in [0.25, 0.3) is 0 Å². The summed E-state index contributed by atoms with van der Waals surface area (Å²) in [6.45, 7) is 0.900. The number of benzene rings is 1. The van der Waals surface area contributed by atoms with Crippen LogP contribution in [0.2, 0.25) is 10.0 Å². The molecule has 4 N–H and O–H groups in total. The van der Waals surface area contributed by atoms with Gasteiger partial charge >= 0.3 is 0 Å². The number of sulfonamides is 1. The third-order valence-electron chi connectivity index (χ3n) is 3.03. The smallest absolute Gasteiger partial charge is 0.247 e. The molecule has 0 aliphatic carbocycles. The normalized spacial score (nSPS) is 11.8. The van der Waals surface area contributed by atoms with Gasteiger partial charge in [0.2, 0.25) is 10.0 Å². The van der Waals surface area contributed by atoms with Crippen LogP contribution in [0.3, 0.4) is 0 Å². The first-order valence-corrected chi connectivity index (χ1v) is 9.91. The highest BCUT2D eigenvalue weighted by Gasteiger charge is 2.11.